The fraction of sp³-hybridized carbons (Fsp3) is 0.263. The number of nitriles is 1. The van der Waals surface area contributed by atoms with Crippen molar-refractivity contribution >= 4 is 23.2 Å². The monoisotopic (exact) mass is 428 g/mol. The number of ether oxygens (including phenoxy) is 3. The van der Waals surface area contributed by atoms with Crippen LogP contribution in [0.3, 0.4) is 0 Å². The molecule has 0 fully saturated rings. The largest absolute Gasteiger partial charge is 0.490 e. The van der Waals surface area contributed by atoms with E-state index < -0.39 is 25.3 Å². The first-order chi connectivity index (χ1) is 13.7. The van der Waals surface area contributed by atoms with Crippen molar-refractivity contribution in [3.63, 3.8) is 0 Å². The zero-order chi connectivity index (χ0) is 21.4. The van der Waals surface area contributed by atoms with Crippen molar-refractivity contribution < 1.29 is 32.2 Å². The number of nitrogens with one attached hydrogen (secondary N) is 1. The standard InChI is InChI=1S/C19H16ClF3N2O4/c1-2-27-17-7-12(9-24)3-5-16(17)28-10-18(26)25-14-8-13(20)4-6-15(14)29-11-19(21,22)23/h3-8H,2,10-11H2,1H3,(H,25,26). The van der Waals surface area contributed by atoms with Crippen LogP contribution in [-0.2, 0) is 4.79 Å². The van der Waals surface area contributed by atoms with Crippen molar-refractivity contribution in [3.05, 3.63) is 47.0 Å². The van der Waals surface area contributed by atoms with Crippen molar-refractivity contribution in [2.45, 2.75) is 13.1 Å². The summed E-state index contributed by atoms with van der Waals surface area (Å²) in [6.07, 6.45) is -4.53. The number of anilines is 1. The number of rotatable bonds is 8. The molecule has 0 unspecified atom stereocenters. The Labute approximate surface area is 169 Å². The zero-order valence-corrected chi connectivity index (χ0v) is 15.9. The Morgan fingerprint density at radius 1 is 1.10 bits per heavy atom. The summed E-state index contributed by atoms with van der Waals surface area (Å²) in [6.45, 7) is 0.0885. The van der Waals surface area contributed by atoms with E-state index in [0.717, 1.165) is 0 Å². The summed E-state index contributed by atoms with van der Waals surface area (Å²) >= 11 is 5.84. The number of nitrogens with zero attached hydrogens (tertiary/aromatic N) is 1. The molecule has 2 rings (SSSR count). The minimum absolute atomic E-state index is 0.0276. The molecule has 1 amide bonds. The maximum atomic E-state index is 12.4. The maximum Gasteiger partial charge on any atom is 0.422 e. The second-order valence-electron chi connectivity index (χ2n) is 5.59. The number of carbonyl (C=O) groups is 1. The lowest BCUT2D eigenvalue weighted by atomic mass is 10.2. The molecular formula is C19H16ClF3N2O4. The molecule has 0 aliphatic rings. The Balaban J connectivity index is 2.06. The van der Waals surface area contributed by atoms with Gasteiger partial charge in [-0.1, -0.05) is 11.6 Å². The van der Waals surface area contributed by atoms with Crippen LogP contribution in [-0.4, -0.2) is 31.9 Å². The van der Waals surface area contributed by atoms with Crippen molar-refractivity contribution in [2.24, 2.45) is 0 Å². The van der Waals surface area contributed by atoms with Gasteiger partial charge in [-0.2, -0.15) is 18.4 Å². The third-order valence-corrected chi connectivity index (χ3v) is 3.57. The van der Waals surface area contributed by atoms with Gasteiger partial charge in [0.15, 0.2) is 24.7 Å². The zero-order valence-electron chi connectivity index (χ0n) is 15.2. The summed E-state index contributed by atoms with van der Waals surface area (Å²) in [6, 6.07) is 10.2. The molecule has 0 atom stereocenters. The van der Waals surface area contributed by atoms with Gasteiger partial charge in [-0.15, -0.1) is 0 Å². The first-order valence-corrected chi connectivity index (χ1v) is 8.68. The molecule has 154 valence electrons. The van der Waals surface area contributed by atoms with E-state index in [-0.39, 0.29) is 28.0 Å². The van der Waals surface area contributed by atoms with Gasteiger partial charge in [-0.05, 0) is 37.3 Å². The highest BCUT2D eigenvalue weighted by Gasteiger charge is 2.29. The molecule has 0 heterocycles. The average molecular weight is 429 g/mol. The molecule has 10 heteroatoms. The summed E-state index contributed by atoms with van der Waals surface area (Å²) < 4.78 is 52.7. The number of halogens is 4. The fourth-order valence-corrected chi connectivity index (χ4v) is 2.35. The van der Waals surface area contributed by atoms with Gasteiger partial charge in [0.1, 0.15) is 5.75 Å². The molecule has 0 spiro atoms. The number of hydrogen-bond donors (Lipinski definition) is 1. The van der Waals surface area contributed by atoms with Crippen LogP contribution in [0.1, 0.15) is 12.5 Å². The van der Waals surface area contributed by atoms with Crippen LogP contribution < -0.4 is 19.5 Å². The normalized spacial score (nSPS) is 10.8. The molecule has 6 nitrogen and oxygen atoms in total. The van der Waals surface area contributed by atoms with Crippen LogP contribution in [0, 0.1) is 11.3 Å². The van der Waals surface area contributed by atoms with Gasteiger partial charge in [-0.3, -0.25) is 4.79 Å². The predicted octanol–water partition coefficient (Wildman–Crippen LogP) is 4.57. The van der Waals surface area contributed by atoms with E-state index in [4.69, 9.17) is 31.1 Å². The van der Waals surface area contributed by atoms with Gasteiger partial charge in [-0.25, -0.2) is 0 Å². The quantitative estimate of drug-likeness (QED) is 0.666. The summed E-state index contributed by atoms with van der Waals surface area (Å²) in [4.78, 5) is 12.2. The van der Waals surface area contributed by atoms with E-state index in [9.17, 15) is 18.0 Å². The van der Waals surface area contributed by atoms with Gasteiger partial charge in [0, 0.05) is 11.1 Å². The Morgan fingerprint density at radius 3 is 2.48 bits per heavy atom. The fourth-order valence-electron chi connectivity index (χ4n) is 2.18. The summed E-state index contributed by atoms with van der Waals surface area (Å²) in [7, 11) is 0. The molecule has 0 radical (unpaired) electrons. The van der Waals surface area contributed by atoms with Crippen LogP contribution in [0.15, 0.2) is 36.4 Å². The van der Waals surface area contributed by atoms with Crippen LogP contribution in [0.4, 0.5) is 18.9 Å². The first kappa shape index (κ1) is 22.2. The van der Waals surface area contributed by atoms with Gasteiger partial charge in [0.05, 0.1) is 23.9 Å². The molecular weight excluding hydrogens is 413 g/mol. The van der Waals surface area contributed by atoms with Gasteiger partial charge in [0.25, 0.3) is 5.91 Å². The highest BCUT2D eigenvalue weighted by atomic mass is 35.5. The van der Waals surface area contributed by atoms with E-state index in [0.29, 0.717) is 12.2 Å². The highest BCUT2D eigenvalue weighted by Crippen LogP contribution is 2.31. The highest BCUT2D eigenvalue weighted by molar-refractivity contribution is 6.31. The summed E-state index contributed by atoms with van der Waals surface area (Å²) in [5.74, 6) is -0.318. The Kier molecular flexibility index (Phi) is 7.56. The van der Waals surface area contributed by atoms with Gasteiger partial charge in [0.2, 0.25) is 0 Å². The Hall–Kier alpha value is -3.12. The molecule has 0 saturated carbocycles. The third-order valence-electron chi connectivity index (χ3n) is 3.34. The van der Waals surface area contributed by atoms with Gasteiger partial charge >= 0.3 is 6.18 Å². The van der Waals surface area contributed by atoms with Crippen LogP contribution in [0.2, 0.25) is 5.02 Å². The number of amides is 1. The molecule has 0 aromatic heterocycles. The molecule has 2 aromatic carbocycles. The summed E-state index contributed by atoms with van der Waals surface area (Å²) in [5, 5.41) is 11.5. The molecule has 0 saturated heterocycles. The SMILES string of the molecule is CCOc1cc(C#N)ccc1OCC(=O)Nc1cc(Cl)ccc1OCC(F)(F)F. The van der Waals surface area contributed by atoms with Crippen molar-refractivity contribution in [2.75, 3.05) is 25.1 Å². The first-order valence-electron chi connectivity index (χ1n) is 8.30. The molecule has 0 aliphatic carbocycles. The van der Waals surface area contributed by atoms with E-state index in [1.54, 1.807) is 6.92 Å². The van der Waals surface area contributed by atoms with E-state index in [2.05, 4.69) is 5.32 Å². The topological polar surface area (TPSA) is 80.6 Å². The lowest BCUT2D eigenvalue weighted by molar-refractivity contribution is -0.153. The van der Waals surface area contributed by atoms with Crippen molar-refractivity contribution in [1.82, 2.24) is 0 Å². The summed E-state index contributed by atoms with van der Waals surface area (Å²) in [5.41, 5.74) is 0.329. The smallest absolute Gasteiger partial charge is 0.422 e. The Morgan fingerprint density at radius 2 is 1.83 bits per heavy atom. The lowest BCUT2D eigenvalue weighted by Crippen LogP contribution is -2.22. The second-order valence-corrected chi connectivity index (χ2v) is 6.02. The predicted molar refractivity (Wildman–Crippen MR) is 99.5 cm³/mol. The van der Waals surface area contributed by atoms with Crippen LogP contribution in [0.5, 0.6) is 17.2 Å². The van der Waals surface area contributed by atoms with Crippen LogP contribution >= 0.6 is 11.6 Å². The molecule has 0 aliphatic heterocycles. The van der Waals surface area contributed by atoms with Gasteiger partial charge < -0.3 is 19.5 Å². The van der Waals surface area contributed by atoms with E-state index in [1.165, 1.54) is 36.4 Å². The molecule has 2 aromatic rings. The van der Waals surface area contributed by atoms with E-state index in [1.807, 2.05) is 6.07 Å². The third kappa shape index (κ3) is 7.08. The lowest BCUT2D eigenvalue weighted by Gasteiger charge is -2.15. The van der Waals surface area contributed by atoms with Crippen molar-refractivity contribution in [3.8, 4) is 23.3 Å². The minimum atomic E-state index is -4.53. The second kappa shape index (κ2) is 9.89. The van der Waals surface area contributed by atoms with Crippen LogP contribution in [0.25, 0.3) is 0 Å². The minimum Gasteiger partial charge on any atom is -0.490 e. The average Bonchev–Trinajstić information content (AvgIpc) is 2.65. The molecule has 29 heavy (non-hydrogen) atoms. The number of carbonyl (C=O) groups excluding carboxylic acids is 1. The van der Waals surface area contributed by atoms with E-state index >= 15 is 0 Å². The number of hydrogen-bond acceptors (Lipinski definition) is 5. The number of alkyl halides is 3. The van der Waals surface area contributed by atoms with Crippen molar-refractivity contribution in [1.29, 1.82) is 5.26 Å². The molecule has 0 bridgehead atoms. The molecule has 1 N–H and O–H groups in total. The number of benzene rings is 2. The maximum absolute atomic E-state index is 12.4. The Bertz CT molecular complexity index is 913.